The lowest BCUT2D eigenvalue weighted by Crippen LogP contribution is -2.25. The van der Waals surface area contributed by atoms with Gasteiger partial charge in [-0.1, -0.05) is 6.42 Å². The predicted octanol–water partition coefficient (Wildman–Crippen LogP) is 2.20. The van der Waals surface area contributed by atoms with E-state index in [1.165, 1.54) is 7.11 Å². The summed E-state index contributed by atoms with van der Waals surface area (Å²) in [6.07, 6.45) is 4.02. The molecule has 0 N–H and O–H groups in total. The number of nitriles is 1. The molecule has 1 aliphatic heterocycles. The van der Waals surface area contributed by atoms with E-state index in [0.29, 0.717) is 0 Å². The van der Waals surface area contributed by atoms with Gasteiger partial charge in [0.25, 0.3) is 0 Å². The third kappa shape index (κ3) is 4.66. The standard InChI is InChI=1S/C14H24N2O2/c1-14(2,11-15)7-4-5-8-16-9-6-12(10-16)13(17)18-3/h12H,4-10H2,1-3H3. The molecule has 1 saturated heterocycles. The van der Waals surface area contributed by atoms with Crippen molar-refractivity contribution >= 4 is 5.97 Å². The highest BCUT2D eigenvalue weighted by molar-refractivity contribution is 5.72. The van der Waals surface area contributed by atoms with Gasteiger partial charge in [0.2, 0.25) is 0 Å². The normalized spacial score (nSPS) is 20.7. The molecule has 0 aromatic heterocycles. The minimum Gasteiger partial charge on any atom is -0.469 e. The Labute approximate surface area is 110 Å². The van der Waals surface area contributed by atoms with E-state index in [1.54, 1.807) is 0 Å². The first-order chi connectivity index (χ1) is 8.48. The molecule has 1 unspecified atom stereocenters. The van der Waals surface area contributed by atoms with Crippen molar-refractivity contribution in [1.29, 1.82) is 5.26 Å². The number of nitrogens with zero attached hydrogens (tertiary/aromatic N) is 2. The molecule has 1 atom stereocenters. The van der Waals surface area contributed by atoms with Crippen LogP contribution in [0.4, 0.5) is 0 Å². The molecule has 1 aliphatic rings. The smallest absolute Gasteiger partial charge is 0.310 e. The topological polar surface area (TPSA) is 53.3 Å². The Hall–Kier alpha value is -1.08. The summed E-state index contributed by atoms with van der Waals surface area (Å²) in [6.45, 7) is 6.80. The van der Waals surface area contributed by atoms with Crippen LogP contribution in [0.5, 0.6) is 0 Å². The Balaban J connectivity index is 2.15. The lowest BCUT2D eigenvalue weighted by molar-refractivity contribution is -0.144. The number of rotatable bonds is 6. The maximum absolute atomic E-state index is 11.4. The number of hydrogen-bond donors (Lipinski definition) is 0. The highest BCUT2D eigenvalue weighted by Crippen LogP contribution is 2.23. The highest BCUT2D eigenvalue weighted by Gasteiger charge is 2.28. The molecular formula is C14H24N2O2. The lowest BCUT2D eigenvalue weighted by Gasteiger charge is -2.18. The summed E-state index contributed by atoms with van der Waals surface area (Å²) < 4.78 is 4.77. The minimum absolute atomic E-state index is 0.0607. The van der Waals surface area contributed by atoms with Crippen LogP contribution >= 0.6 is 0 Å². The molecule has 4 nitrogen and oxygen atoms in total. The zero-order valence-corrected chi connectivity index (χ0v) is 11.7. The summed E-state index contributed by atoms with van der Waals surface area (Å²) in [5, 5.41) is 8.92. The predicted molar refractivity (Wildman–Crippen MR) is 69.8 cm³/mol. The van der Waals surface area contributed by atoms with Gasteiger partial charge in [-0.05, 0) is 46.2 Å². The number of hydrogen-bond acceptors (Lipinski definition) is 4. The van der Waals surface area contributed by atoms with Gasteiger partial charge in [0.1, 0.15) is 0 Å². The maximum atomic E-state index is 11.4. The zero-order valence-electron chi connectivity index (χ0n) is 11.7. The molecule has 0 aromatic carbocycles. The van der Waals surface area contributed by atoms with E-state index in [0.717, 1.165) is 45.3 Å². The number of likely N-dealkylation sites (tertiary alicyclic amines) is 1. The molecule has 0 spiro atoms. The Morgan fingerprint density at radius 2 is 2.22 bits per heavy atom. The monoisotopic (exact) mass is 252 g/mol. The average molecular weight is 252 g/mol. The molecule has 0 radical (unpaired) electrons. The average Bonchev–Trinajstić information content (AvgIpc) is 2.82. The van der Waals surface area contributed by atoms with Crippen molar-refractivity contribution in [2.24, 2.45) is 11.3 Å². The first-order valence-electron chi connectivity index (χ1n) is 6.70. The van der Waals surface area contributed by atoms with Crippen LogP contribution in [-0.2, 0) is 9.53 Å². The summed E-state index contributed by atoms with van der Waals surface area (Å²) in [4.78, 5) is 13.7. The summed E-state index contributed by atoms with van der Waals surface area (Å²) in [7, 11) is 1.45. The van der Waals surface area contributed by atoms with Crippen molar-refractivity contribution in [1.82, 2.24) is 4.90 Å². The first kappa shape index (κ1) is 15.0. The summed E-state index contributed by atoms with van der Waals surface area (Å²) in [5.41, 5.74) is -0.209. The van der Waals surface area contributed by atoms with Crippen molar-refractivity contribution in [3.05, 3.63) is 0 Å². The van der Waals surface area contributed by atoms with E-state index in [1.807, 2.05) is 13.8 Å². The molecule has 0 bridgehead atoms. The fourth-order valence-corrected chi connectivity index (χ4v) is 2.35. The van der Waals surface area contributed by atoms with Gasteiger partial charge in [-0.3, -0.25) is 4.79 Å². The van der Waals surface area contributed by atoms with Gasteiger partial charge in [0, 0.05) is 6.54 Å². The molecule has 4 heteroatoms. The molecule has 0 aromatic rings. The van der Waals surface area contributed by atoms with Crippen LogP contribution < -0.4 is 0 Å². The van der Waals surface area contributed by atoms with E-state index in [9.17, 15) is 4.79 Å². The molecule has 1 fully saturated rings. The first-order valence-corrected chi connectivity index (χ1v) is 6.70. The third-order valence-electron chi connectivity index (χ3n) is 3.64. The number of esters is 1. The van der Waals surface area contributed by atoms with Crippen molar-refractivity contribution in [3.63, 3.8) is 0 Å². The molecular weight excluding hydrogens is 228 g/mol. The quantitative estimate of drug-likeness (QED) is 0.537. The molecule has 0 saturated carbocycles. The van der Waals surface area contributed by atoms with Gasteiger partial charge in [-0.15, -0.1) is 0 Å². The van der Waals surface area contributed by atoms with Gasteiger partial charge in [0.05, 0.1) is 24.5 Å². The van der Waals surface area contributed by atoms with Crippen molar-refractivity contribution < 1.29 is 9.53 Å². The van der Waals surface area contributed by atoms with Gasteiger partial charge < -0.3 is 9.64 Å². The van der Waals surface area contributed by atoms with E-state index in [2.05, 4.69) is 11.0 Å². The van der Waals surface area contributed by atoms with Crippen LogP contribution in [0.15, 0.2) is 0 Å². The van der Waals surface area contributed by atoms with E-state index in [4.69, 9.17) is 10.00 Å². The Morgan fingerprint density at radius 3 is 2.83 bits per heavy atom. The van der Waals surface area contributed by atoms with Crippen LogP contribution in [0.3, 0.4) is 0 Å². The number of unbranched alkanes of at least 4 members (excludes halogenated alkanes) is 1. The second kappa shape index (κ2) is 6.75. The molecule has 0 amide bonds. The lowest BCUT2D eigenvalue weighted by atomic mass is 9.89. The molecule has 1 rings (SSSR count). The van der Waals surface area contributed by atoms with E-state index >= 15 is 0 Å². The summed E-state index contributed by atoms with van der Waals surface area (Å²) in [5.74, 6) is -0.0198. The molecule has 0 aliphatic carbocycles. The van der Waals surface area contributed by atoms with Crippen molar-refractivity contribution in [2.45, 2.75) is 39.5 Å². The van der Waals surface area contributed by atoms with Gasteiger partial charge in [-0.25, -0.2) is 0 Å². The van der Waals surface area contributed by atoms with Crippen molar-refractivity contribution in [3.8, 4) is 6.07 Å². The van der Waals surface area contributed by atoms with Gasteiger partial charge in [0.15, 0.2) is 0 Å². The second-order valence-electron chi connectivity index (χ2n) is 5.76. The zero-order chi connectivity index (χ0) is 13.6. The maximum Gasteiger partial charge on any atom is 0.310 e. The van der Waals surface area contributed by atoms with Gasteiger partial charge >= 0.3 is 5.97 Å². The van der Waals surface area contributed by atoms with Crippen molar-refractivity contribution in [2.75, 3.05) is 26.7 Å². The third-order valence-corrected chi connectivity index (χ3v) is 3.64. The minimum atomic E-state index is -0.209. The Kier molecular flexibility index (Phi) is 5.61. The van der Waals surface area contributed by atoms with Crippen LogP contribution in [0.25, 0.3) is 0 Å². The molecule has 18 heavy (non-hydrogen) atoms. The van der Waals surface area contributed by atoms with E-state index in [-0.39, 0.29) is 17.3 Å². The highest BCUT2D eigenvalue weighted by atomic mass is 16.5. The van der Waals surface area contributed by atoms with Crippen LogP contribution in [0, 0.1) is 22.7 Å². The largest absolute Gasteiger partial charge is 0.469 e. The Morgan fingerprint density at radius 1 is 1.50 bits per heavy atom. The number of carbonyl (C=O) groups is 1. The molecule has 102 valence electrons. The molecule has 1 heterocycles. The van der Waals surface area contributed by atoms with Crippen LogP contribution in [0.1, 0.15) is 39.5 Å². The van der Waals surface area contributed by atoms with Crippen LogP contribution in [-0.4, -0.2) is 37.6 Å². The fraction of sp³-hybridized carbons (Fsp3) is 0.857. The van der Waals surface area contributed by atoms with E-state index < -0.39 is 0 Å². The van der Waals surface area contributed by atoms with Crippen LogP contribution in [0.2, 0.25) is 0 Å². The number of carbonyl (C=O) groups excluding carboxylic acids is 1. The summed E-state index contributed by atoms with van der Waals surface area (Å²) >= 11 is 0. The number of methoxy groups -OCH3 is 1. The number of ether oxygens (including phenoxy) is 1. The summed E-state index contributed by atoms with van der Waals surface area (Å²) in [6, 6.07) is 2.32. The van der Waals surface area contributed by atoms with Gasteiger partial charge in [-0.2, -0.15) is 5.26 Å². The Bertz CT molecular complexity index is 320. The second-order valence-corrected chi connectivity index (χ2v) is 5.76. The fourth-order valence-electron chi connectivity index (χ4n) is 2.35. The SMILES string of the molecule is COC(=O)C1CCN(CCCCC(C)(C)C#N)C1.